The van der Waals surface area contributed by atoms with E-state index in [0.29, 0.717) is 0 Å². The molecule has 0 aliphatic carbocycles. The molecule has 0 saturated heterocycles. The van der Waals surface area contributed by atoms with Crippen LogP contribution in [0.15, 0.2) is 0 Å². The molecule has 11 heteroatoms. The Bertz CT molecular complexity index is 177. The average Bonchev–Trinajstić information content (AvgIpc) is 1.80. The molecule has 0 bridgehead atoms. The van der Waals surface area contributed by atoms with Gasteiger partial charge in [-0.1, -0.05) is 13.3 Å². The summed E-state index contributed by atoms with van der Waals surface area (Å²) < 4.78 is 0. The Balaban J connectivity index is -0.000000144. The highest BCUT2D eigenvalue weighted by atomic mass is 32.5. The molecular weight excluding hydrogens is 284 g/mol. The van der Waals surface area contributed by atoms with Crippen LogP contribution < -0.4 is 5.73 Å². The Labute approximate surface area is 98.7 Å². The normalized spacial score (nSPS) is 10.7. The summed E-state index contributed by atoms with van der Waals surface area (Å²) in [7, 11) is 0. The Morgan fingerprint density at radius 2 is 1.13 bits per heavy atom. The van der Waals surface area contributed by atoms with Gasteiger partial charge in [-0.2, -0.15) is 0 Å². The summed E-state index contributed by atoms with van der Waals surface area (Å²) in [5.74, 6) is 0. The minimum atomic E-state index is -3.81. The second-order valence-electron chi connectivity index (χ2n) is 2.17. The molecule has 0 rings (SSSR count). The molecule has 0 aliphatic rings. The van der Waals surface area contributed by atoms with Crippen molar-refractivity contribution in [2.45, 2.75) is 19.8 Å². The predicted molar refractivity (Wildman–Crippen MR) is 65.8 cm³/mol. The van der Waals surface area contributed by atoms with Crippen molar-refractivity contribution in [3.05, 3.63) is 0 Å². The summed E-state index contributed by atoms with van der Waals surface area (Å²) in [4.78, 5) is 45.3. The molecule has 0 spiro atoms. The standard InChI is InChI=1S/C4H11N.2H3O3PS/c1-2-3-4-5;2*1-4(2,3)5/h2-5H2,1H3;2*(H3,1,2,3,5). The monoisotopic (exact) mass is 301 g/mol. The van der Waals surface area contributed by atoms with Gasteiger partial charge < -0.3 is 35.1 Å². The summed E-state index contributed by atoms with van der Waals surface area (Å²) in [5.41, 5.74) is 5.14. The van der Waals surface area contributed by atoms with Gasteiger partial charge in [-0.3, -0.25) is 0 Å². The maximum absolute atomic E-state index is 7.56. The lowest BCUT2D eigenvalue weighted by Crippen LogP contribution is -1.95. The van der Waals surface area contributed by atoms with Gasteiger partial charge in [0, 0.05) is 0 Å². The summed E-state index contributed by atoms with van der Waals surface area (Å²) >= 11 is 7.21. The second kappa shape index (κ2) is 11.5. The molecule has 0 unspecified atom stereocenters. The van der Waals surface area contributed by atoms with Crippen LogP contribution in [0, 0.1) is 0 Å². The van der Waals surface area contributed by atoms with E-state index in [0.717, 1.165) is 6.54 Å². The van der Waals surface area contributed by atoms with Crippen LogP contribution in [0.1, 0.15) is 19.8 Å². The molecule has 0 aromatic heterocycles. The summed E-state index contributed by atoms with van der Waals surface area (Å²) in [5, 5.41) is 0. The highest BCUT2D eigenvalue weighted by Gasteiger charge is 1.92. The van der Waals surface area contributed by atoms with Crippen LogP contribution in [0.4, 0.5) is 0 Å². The van der Waals surface area contributed by atoms with E-state index in [1.807, 2.05) is 0 Å². The van der Waals surface area contributed by atoms with Crippen molar-refractivity contribution in [1.82, 2.24) is 0 Å². The Morgan fingerprint density at radius 1 is 0.933 bits per heavy atom. The molecule has 0 atom stereocenters. The van der Waals surface area contributed by atoms with Gasteiger partial charge >= 0.3 is 13.4 Å². The fourth-order valence-electron chi connectivity index (χ4n) is 0.204. The minimum Gasteiger partial charge on any atom is -0.330 e. The molecule has 8 N–H and O–H groups in total. The fraction of sp³-hybridized carbons (Fsp3) is 1.00. The Hall–Kier alpha value is 1.02. The zero-order valence-electron chi connectivity index (χ0n) is 8.09. The van der Waals surface area contributed by atoms with Crippen LogP contribution in [0.25, 0.3) is 0 Å². The molecular formula is C4H17NO6P2S2. The predicted octanol–water partition coefficient (Wildman–Crippen LogP) is -0.879. The first-order chi connectivity index (χ1) is 6.41. The number of hydrogen-bond donors (Lipinski definition) is 7. The maximum atomic E-state index is 7.56. The third-order valence-corrected chi connectivity index (χ3v) is 0.558. The Kier molecular flexibility index (Phi) is 16.4. The average molecular weight is 301 g/mol. The molecule has 0 radical (unpaired) electrons. The van der Waals surface area contributed by atoms with Gasteiger partial charge in [0.1, 0.15) is 0 Å². The van der Waals surface area contributed by atoms with Gasteiger partial charge in [0.25, 0.3) is 0 Å². The SMILES string of the molecule is CCCCN.OP(O)(O)=S.OP(O)(O)=S. The minimum absolute atomic E-state index is 0.844. The maximum Gasteiger partial charge on any atom is 0.319 e. The molecule has 0 fully saturated rings. The quantitative estimate of drug-likeness (QED) is 0.323. The van der Waals surface area contributed by atoms with Gasteiger partial charge in [0.2, 0.25) is 0 Å². The van der Waals surface area contributed by atoms with Crippen LogP contribution in [0.3, 0.4) is 0 Å². The molecule has 7 nitrogen and oxygen atoms in total. The van der Waals surface area contributed by atoms with E-state index in [1.165, 1.54) is 12.8 Å². The van der Waals surface area contributed by atoms with Crippen LogP contribution in [0.5, 0.6) is 0 Å². The lowest BCUT2D eigenvalue weighted by Gasteiger charge is -1.88. The second-order valence-corrected chi connectivity index (χ2v) is 7.16. The zero-order chi connectivity index (χ0) is 13.1. The van der Waals surface area contributed by atoms with Crippen molar-refractivity contribution in [2.24, 2.45) is 5.73 Å². The highest BCUT2D eigenvalue weighted by molar-refractivity contribution is 8.06. The van der Waals surface area contributed by atoms with E-state index in [2.05, 4.69) is 30.5 Å². The van der Waals surface area contributed by atoms with E-state index in [4.69, 9.17) is 35.1 Å². The first-order valence-corrected chi connectivity index (χ1v) is 9.00. The van der Waals surface area contributed by atoms with Crippen molar-refractivity contribution < 1.29 is 29.4 Å². The van der Waals surface area contributed by atoms with Gasteiger partial charge in [-0.25, -0.2) is 0 Å². The highest BCUT2D eigenvalue weighted by Crippen LogP contribution is 2.26. The molecule has 15 heavy (non-hydrogen) atoms. The lowest BCUT2D eigenvalue weighted by atomic mass is 10.3. The number of rotatable bonds is 2. The van der Waals surface area contributed by atoms with E-state index in [1.54, 1.807) is 0 Å². The molecule has 0 heterocycles. The third-order valence-electron chi connectivity index (χ3n) is 0.558. The smallest absolute Gasteiger partial charge is 0.319 e. The molecule has 0 aromatic carbocycles. The fourth-order valence-corrected chi connectivity index (χ4v) is 0.204. The van der Waals surface area contributed by atoms with Gasteiger partial charge in [0.15, 0.2) is 0 Å². The first-order valence-electron chi connectivity index (χ1n) is 3.68. The van der Waals surface area contributed by atoms with E-state index < -0.39 is 13.4 Å². The summed E-state index contributed by atoms with van der Waals surface area (Å²) in [6.45, 7) is -4.64. The van der Waals surface area contributed by atoms with E-state index in [-0.39, 0.29) is 0 Å². The zero-order valence-corrected chi connectivity index (χ0v) is 11.5. The number of hydrogen-bond acceptors (Lipinski definition) is 3. The number of unbranched alkanes of at least 4 members (excludes halogenated alkanes) is 1. The molecule has 0 aliphatic heterocycles. The van der Waals surface area contributed by atoms with E-state index >= 15 is 0 Å². The van der Waals surface area contributed by atoms with Crippen molar-refractivity contribution >= 4 is 37.1 Å². The van der Waals surface area contributed by atoms with Crippen molar-refractivity contribution in [2.75, 3.05) is 6.54 Å². The van der Waals surface area contributed by atoms with Crippen molar-refractivity contribution in [3.8, 4) is 0 Å². The molecule has 96 valence electrons. The summed E-state index contributed by atoms with van der Waals surface area (Å²) in [6.07, 6.45) is 2.39. The summed E-state index contributed by atoms with van der Waals surface area (Å²) in [6, 6.07) is 0. The number of nitrogens with two attached hydrogens (primary N) is 1. The molecule has 0 amide bonds. The van der Waals surface area contributed by atoms with Gasteiger partial charge in [0.05, 0.1) is 0 Å². The van der Waals surface area contributed by atoms with Crippen molar-refractivity contribution in [1.29, 1.82) is 0 Å². The largest absolute Gasteiger partial charge is 0.330 e. The third kappa shape index (κ3) is 279. The topological polar surface area (TPSA) is 147 Å². The van der Waals surface area contributed by atoms with Crippen LogP contribution in [0.2, 0.25) is 0 Å². The van der Waals surface area contributed by atoms with Crippen molar-refractivity contribution in [3.63, 3.8) is 0 Å². The lowest BCUT2D eigenvalue weighted by molar-refractivity contribution is 0.361. The van der Waals surface area contributed by atoms with Crippen LogP contribution in [-0.2, 0) is 23.6 Å². The molecule has 0 saturated carbocycles. The van der Waals surface area contributed by atoms with Crippen LogP contribution in [-0.4, -0.2) is 35.9 Å². The van der Waals surface area contributed by atoms with Crippen LogP contribution >= 0.6 is 13.4 Å². The Morgan fingerprint density at radius 3 is 1.13 bits per heavy atom. The van der Waals surface area contributed by atoms with Gasteiger partial charge in [-0.05, 0) is 36.6 Å². The van der Waals surface area contributed by atoms with Gasteiger partial charge in [-0.15, -0.1) is 0 Å². The first kappa shape index (κ1) is 21.3. The molecule has 0 aromatic rings. The van der Waals surface area contributed by atoms with E-state index in [9.17, 15) is 0 Å².